The average Bonchev–Trinajstić information content (AvgIpc) is 3.04. The van der Waals surface area contributed by atoms with Gasteiger partial charge in [-0.05, 0) is 18.2 Å². The van der Waals surface area contributed by atoms with Crippen LogP contribution in [0, 0.1) is 0 Å². The fraction of sp³-hybridized carbons (Fsp3) is 0. The Hall–Kier alpha value is -2.48. The molecule has 2 heteroatoms. The van der Waals surface area contributed by atoms with Crippen molar-refractivity contribution in [2.75, 3.05) is 0 Å². The highest BCUT2D eigenvalue weighted by Gasteiger charge is 2.07. The maximum atomic E-state index is 3.47. The first-order chi connectivity index (χ1) is 8.92. The van der Waals surface area contributed by atoms with Crippen molar-refractivity contribution in [3.05, 3.63) is 60.8 Å². The van der Waals surface area contributed by atoms with Crippen LogP contribution in [0.5, 0.6) is 0 Å². The summed E-state index contributed by atoms with van der Waals surface area (Å²) < 4.78 is 0. The van der Waals surface area contributed by atoms with Crippen molar-refractivity contribution in [3.8, 4) is 11.3 Å². The minimum absolute atomic E-state index is 1.16. The van der Waals surface area contributed by atoms with Crippen LogP contribution in [0.1, 0.15) is 0 Å². The standard InChI is InChI=1S/C16H12N2/c1-2-7-14-12(4-1)10-15(18-14)13-6-3-5-11-8-9-17-16(11)13/h1-10,17-18H. The van der Waals surface area contributed by atoms with Crippen molar-refractivity contribution in [2.45, 2.75) is 0 Å². The number of fused-ring (bicyclic) bond motifs is 2. The molecule has 2 N–H and O–H groups in total. The highest BCUT2D eigenvalue weighted by atomic mass is 14.7. The molecule has 86 valence electrons. The quantitative estimate of drug-likeness (QED) is 0.490. The van der Waals surface area contributed by atoms with Gasteiger partial charge in [-0.1, -0.05) is 36.4 Å². The molecule has 0 aliphatic carbocycles. The third kappa shape index (κ3) is 1.29. The molecule has 0 saturated carbocycles. The summed E-state index contributed by atoms with van der Waals surface area (Å²) >= 11 is 0. The second-order valence-corrected chi connectivity index (χ2v) is 4.52. The Labute approximate surface area is 104 Å². The lowest BCUT2D eigenvalue weighted by Gasteiger charge is -2.00. The zero-order chi connectivity index (χ0) is 11.9. The Kier molecular flexibility index (Phi) is 1.86. The van der Waals surface area contributed by atoms with Gasteiger partial charge < -0.3 is 9.97 Å². The lowest BCUT2D eigenvalue weighted by atomic mass is 10.1. The van der Waals surface area contributed by atoms with Crippen LogP contribution in [0.25, 0.3) is 33.1 Å². The molecular weight excluding hydrogens is 220 g/mol. The topological polar surface area (TPSA) is 31.6 Å². The number of hydrogen-bond acceptors (Lipinski definition) is 0. The number of benzene rings is 2. The molecule has 2 heterocycles. The van der Waals surface area contributed by atoms with Gasteiger partial charge in [-0.15, -0.1) is 0 Å². The van der Waals surface area contributed by atoms with Crippen LogP contribution < -0.4 is 0 Å². The minimum atomic E-state index is 1.16. The van der Waals surface area contributed by atoms with E-state index in [1.54, 1.807) is 0 Å². The van der Waals surface area contributed by atoms with Crippen molar-refractivity contribution >= 4 is 21.8 Å². The van der Waals surface area contributed by atoms with E-state index in [0.29, 0.717) is 0 Å². The summed E-state index contributed by atoms with van der Waals surface area (Å²) in [5.74, 6) is 0. The monoisotopic (exact) mass is 232 g/mol. The smallest absolute Gasteiger partial charge is 0.0548 e. The predicted octanol–water partition coefficient (Wildman–Crippen LogP) is 4.32. The second-order valence-electron chi connectivity index (χ2n) is 4.52. The summed E-state index contributed by atoms with van der Waals surface area (Å²) in [5, 5.41) is 2.49. The van der Waals surface area contributed by atoms with Gasteiger partial charge in [-0.2, -0.15) is 0 Å². The van der Waals surface area contributed by atoms with E-state index in [0.717, 1.165) is 5.69 Å². The predicted molar refractivity (Wildman–Crippen MR) is 75.6 cm³/mol. The first-order valence-electron chi connectivity index (χ1n) is 6.06. The number of hydrogen-bond donors (Lipinski definition) is 2. The van der Waals surface area contributed by atoms with Crippen molar-refractivity contribution in [3.63, 3.8) is 0 Å². The first kappa shape index (κ1) is 9.54. The van der Waals surface area contributed by atoms with Gasteiger partial charge in [0.1, 0.15) is 0 Å². The summed E-state index contributed by atoms with van der Waals surface area (Å²) in [5.41, 5.74) is 4.73. The summed E-state index contributed by atoms with van der Waals surface area (Å²) in [6, 6.07) is 19.0. The molecule has 0 radical (unpaired) electrons. The minimum Gasteiger partial charge on any atom is -0.361 e. The van der Waals surface area contributed by atoms with Crippen molar-refractivity contribution < 1.29 is 0 Å². The largest absolute Gasteiger partial charge is 0.361 e. The normalized spacial score (nSPS) is 11.3. The third-order valence-corrected chi connectivity index (χ3v) is 3.41. The number of aromatic nitrogens is 2. The Balaban J connectivity index is 2.04. The van der Waals surface area contributed by atoms with Crippen LogP contribution in [0.15, 0.2) is 60.8 Å². The van der Waals surface area contributed by atoms with Crippen LogP contribution in [0.4, 0.5) is 0 Å². The lowest BCUT2D eigenvalue weighted by molar-refractivity contribution is 1.43. The SMILES string of the molecule is c1ccc2[nH]c(-c3cccc4cc[nH]c34)cc2c1. The first-order valence-corrected chi connectivity index (χ1v) is 6.06. The fourth-order valence-corrected chi connectivity index (χ4v) is 2.53. The van der Waals surface area contributed by atoms with Crippen LogP contribution >= 0.6 is 0 Å². The Morgan fingerprint density at radius 3 is 2.61 bits per heavy atom. The highest BCUT2D eigenvalue weighted by Crippen LogP contribution is 2.29. The molecule has 0 aliphatic heterocycles. The summed E-state index contributed by atoms with van der Waals surface area (Å²) in [6.07, 6.45) is 1.98. The Morgan fingerprint density at radius 2 is 1.67 bits per heavy atom. The van der Waals surface area contributed by atoms with Crippen molar-refractivity contribution in [1.29, 1.82) is 0 Å². The van der Waals surface area contributed by atoms with Crippen LogP contribution in [0.2, 0.25) is 0 Å². The summed E-state index contributed by atoms with van der Waals surface area (Å²) in [7, 11) is 0. The molecule has 0 fully saturated rings. The third-order valence-electron chi connectivity index (χ3n) is 3.41. The Morgan fingerprint density at radius 1 is 0.778 bits per heavy atom. The number of nitrogens with one attached hydrogen (secondary N) is 2. The van der Waals surface area contributed by atoms with Crippen molar-refractivity contribution in [2.24, 2.45) is 0 Å². The van der Waals surface area contributed by atoms with E-state index in [9.17, 15) is 0 Å². The average molecular weight is 232 g/mol. The van der Waals surface area contributed by atoms with E-state index in [4.69, 9.17) is 0 Å². The number of rotatable bonds is 1. The van der Waals surface area contributed by atoms with Gasteiger partial charge in [0.05, 0.1) is 5.52 Å². The van der Waals surface area contributed by atoms with E-state index >= 15 is 0 Å². The van der Waals surface area contributed by atoms with Gasteiger partial charge in [-0.3, -0.25) is 0 Å². The van der Waals surface area contributed by atoms with Gasteiger partial charge in [-0.25, -0.2) is 0 Å². The molecule has 0 spiro atoms. The molecule has 0 amide bonds. The lowest BCUT2D eigenvalue weighted by Crippen LogP contribution is -1.79. The molecule has 0 atom stereocenters. The Bertz CT molecular complexity index is 803. The van der Waals surface area contributed by atoms with E-state index in [1.807, 2.05) is 6.20 Å². The molecule has 4 rings (SSSR count). The van der Waals surface area contributed by atoms with Gasteiger partial charge in [0.15, 0.2) is 0 Å². The molecule has 0 saturated heterocycles. The summed E-state index contributed by atoms with van der Waals surface area (Å²) in [4.78, 5) is 6.78. The molecule has 0 unspecified atom stereocenters. The molecule has 4 aromatic rings. The maximum absolute atomic E-state index is 3.47. The zero-order valence-corrected chi connectivity index (χ0v) is 9.77. The molecule has 2 aromatic heterocycles. The molecule has 0 bridgehead atoms. The fourth-order valence-electron chi connectivity index (χ4n) is 2.53. The second kappa shape index (κ2) is 3.50. The van der Waals surface area contributed by atoms with Gasteiger partial charge in [0.25, 0.3) is 0 Å². The number of para-hydroxylation sites is 2. The molecule has 0 aliphatic rings. The van der Waals surface area contributed by atoms with Crippen LogP contribution in [0.3, 0.4) is 0 Å². The molecule has 18 heavy (non-hydrogen) atoms. The van der Waals surface area contributed by atoms with E-state index < -0.39 is 0 Å². The van der Waals surface area contributed by atoms with E-state index in [1.165, 1.54) is 27.4 Å². The number of H-pyrrole nitrogens is 2. The highest BCUT2D eigenvalue weighted by molar-refractivity contribution is 5.96. The van der Waals surface area contributed by atoms with Gasteiger partial charge >= 0.3 is 0 Å². The zero-order valence-electron chi connectivity index (χ0n) is 9.77. The molecule has 2 nitrogen and oxygen atoms in total. The van der Waals surface area contributed by atoms with Crippen LogP contribution in [-0.2, 0) is 0 Å². The van der Waals surface area contributed by atoms with Gasteiger partial charge in [0.2, 0.25) is 0 Å². The van der Waals surface area contributed by atoms with Gasteiger partial charge in [0, 0.05) is 33.7 Å². The summed E-state index contributed by atoms with van der Waals surface area (Å²) in [6.45, 7) is 0. The number of aromatic amines is 2. The van der Waals surface area contributed by atoms with Crippen molar-refractivity contribution in [1.82, 2.24) is 9.97 Å². The van der Waals surface area contributed by atoms with E-state index in [2.05, 4.69) is 64.6 Å². The molecular formula is C16H12N2. The van der Waals surface area contributed by atoms with Crippen LogP contribution in [-0.4, -0.2) is 9.97 Å². The van der Waals surface area contributed by atoms with E-state index in [-0.39, 0.29) is 0 Å². The maximum Gasteiger partial charge on any atom is 0.0548 e. The molecule has 2 aromatic carbocycles.